The van der Waals surface area contributed by atoms with Gasteiger partial charge in [-0.1, -0.05) is 27.7 Å². The molecule has 0 N–H and O–H groups in total. The molecule has 4 aromatic heterocycles. The van der Waals surface area contributed by atoms with Crippen LogP contribution >= 0.6 is 27.3 Å². The van der Waals surface area contributed by atoms with Crippen molar-refractivity contribution in [2.45, 2.75) is 76.7 Å². The maximum atomic E-state index is 13.0. The first-order valence-electron chi connectivity index (χ1n) is 13.2. The number of pyridine rings is 1. The average molecular weight is 595 g/mol. The predicted octanol–water partition coefficient (Wildman–Crippen LogP) is 5.86. The predicted molar refractivity (Wildman–Crippen MR) is 152 cm³/mol. The standard InChI is InChI=1S/C28H32BrN7OS/c1-27(2,3)20-14-19(32-26(33-20)28(4)9-10-28)22-23(29)38-25(34-22)17-7-12-35(13-8-17)21(37)15-36-16-31-18-6-5-11-30-24(18)36/h5-6,11,14,16-17H,7-10,12-13,15H2,1-4H3. The number of nitrogens with zero attached hydrogens (tertiary/aromatic N) is 7. The van der Waals surface area contributed by atoms with E-state index in [1.54, 1.807) is 23.9 Å². The Morgan fingerprint density at radius 2 is 1.92 bits per heavy atom. The number of carbonyl (C=O) groups is 1. The molecule has 2 fully saturated rings. The van der Waals surface area contributed by atoms with E-state index in [1.165, 1.54) is 0 Å². The zero-order valence-corrected chi connectivity index (χ0v) is 24.6. The summed E-state index contributed by atoms with van der Waals surface area (Å²) in [4.78, 5) is 38.8. The van der Waals surface area contributed by atoms with E-state index in [-0.39, 0.29) is 23.3 Å². The summed E-state index contributed by atoms with van der Waals surface area (Å²) in [6.45, 7) is 10.5. The lowest BCUT2D eigenvalue weighted by atomic mass is 9.91. The number of hydrogen-bond donors (Lipinski definition) is 0. The molecule has 1 aliphatic heterocycles. The molecular formula is C28H32BrN7OS. The maximum absolute atomic E-state index is 13.0. The van der Waals surface area contributed by atoms with E-state index in [0.717, 1.165) is 81.6 Å². The van der Waals surface area contributed by atoms with Gasteiger partial charge in [0.25, 0.3) is 0 Å². The van der Waals surface area contributed by atoms with Crippen molar-refractivity contribution in [2.75, 3.05) is 13.1 Å². The molecule has 38 heavy (non-hydrogen) atoms. The van der Waals surface area contributed by atoms with Crippen molar-refractivity contribution in [2.24, 2.45) is 0 Å². The number of rotatable bonds is 5. The molecular weight excluding hydrogens is 562 g/mol. The highest BCUT2D eigenvalue weighted by Crippen LogP contribution is 2.47. The largest absolute Gasteiger partial charge is 0.341 e. The van der Waals surface area contributed by atoms with Crippen LogP contribution in [-0.2, 0) is 22.2 Å². The van der Waals surface area contributed by atoms with Gasteiger partial charge in [-0.05, 0) is 59.8 Å². The summed E-state index contributed by atoms with van der Waals surface area (Å²) in [5, 5.41) is 1.11. The van der Waals surface area contributed by atoms with Crippen molar-refractivity contribution in [3.63, 3.8) is 0 Å². The van der Waals surface area contributed by atoms with E-state index >= 15 is 0 Å². The average Bonchev–Trinajstić information content (AvgIpc) is 3.35. The van der Waals surface area contributed by atoms with Crippen molar-refractivity contribution in [1.29, 1.82) is 0 Å². The van der Waals surface area contributed by atoms with E-state index < -0.39 is 0 Å². The Morgan fingerprint density at radius 3 is 2.63 bits per heavy atom. The van der Waals surface area contributed by atoms with Crippen molar-refractivity contribution in [1.82, 2.24) is 34.4 Å². The number of imidazole rings is 1. The molecule has 0 aromatic carbocycles. The van der Waals surface area contributed by atoms with Crippen LogP contribution in [0.5, 0.6) is 0 Å². The van der Waals surface area contributed by atoms with Crippen LogP contribution in [0.2, 0.25) is 0 Å². The minimum absolute atomic E-state index is 0.0680. The first kappa shape index (κ1) is 25.6. The summed E-state index contributed by atoms with van der Waals surface area (Å²) in [6, 6.07) is 5.87. The van der Waals surface area contributed by atoms with Crippen LogP contribution < -0.4 is 0 Å². The van der Waals surface area contributed by atoms with Crippen molar-refractivity contribution >= 4 is 44.3 Å². The van der Waals surface area contributed by atoms with E-state index in [2.05, 4.69) is 59.7 Å². The number of halogens is 1. The molecule has 1 aliphatic carbocycles. The second-order valence-electron chi connectivity index (χ2n) is 11.8. The smallest absolute Gasteiger partial charge is 0.242 e. The number of amides is 1. The normalized spacial score (nSPS) is 17.8. The number of fused-ring (bicyclic) bond motifs is 1. The summed E-state index contributed by atoms with van der Waals surface area (Å²) in [5.41, 5.74) is 4.42. The molecule has 10 heteroatoms. The molecule has 0 unspecified atom stereocenters. The van der Waals surface area contributed by atoms with E-state index in [0.29, 0.717) is 5.92 Å². The van der Waals surface area contributed by atoms with Gasteiger partial charge in [-0.15, -0.1) is 11.3 Å². The van der Waals surface area contributed by atoms with Crippen molar-refractivity contribution in [3.8, 4) is 11.4 Å². The topological polar surface area (TPSA) is 89.7 Å². The van der Waals surface area contributed by atoms with Crippen LogP contribution in [-0.4, -0.2) is 53.4 Å². The molecule has 0 atom stereocenters. The van der Waals surface area contributed by atoms with Crippen LogP contribution in [0.15, 0.2) is 34.5 Å². The molecule has 0 spiro atoms. The Labute approximate surface area is 235 Å². The number of hydrogen-bond acceptors (Lipinski definition) is 7. The second-order valence-corrected chi connectivity index (χ2v) is 14.2. The van der Waals surface area contributed by atoms with Gasteiger partial charge in [0.1, 0.15) is 23.6 Å². The summed E-state index contributed by atoms with van der Waals surface area (Å²) < 4.78 is 2.84. The lowest BCUT2D eigenvalue weighted by molar-refractivity contribution is -0.132. The van der Waals surface area contributed by atoms with Gasteiger partial charge in [0.15, 0.2) is 5.65 Å². The van der Waals surface area contributed by atoms with E-state index in [1.807, 2.05) is 21.6 Å². The number of likely N-dealkylation sites (tertiary alicyclic amines) is 1. The minimum atomic E-state index is -0.0680. The molecule has 1 amide bonds. The van der Waals surface area contributed by atoms with Gasteiger partial charge < -0.3 is 9.47 Å². The van der Waals surface area contributed by atoms with Gasteiger partial charge in [0.05, 0.1) is 26.5 Å². The first-order valence-corrected chi connectivity index (χ1v) is 14.8. The summed E-state index contributed by atoms with van der Waals surface area (Å²) in [6.07, 6.45) is 7.49. The maximum Gasteiger partial charge on any atom is 0.242 e. The SMILES string of the molecule is CC(C)(C)c1cc(-c2nc(C3CCN(C(=O)Cn4cnc5cccnc54)CC3)sc2Br)nc(C2(C)CC2)n1. The number of aromatic nitrogens is 6. The second kappa shape index (κ2) is 9.48. The Hall–Kier alpha value is -2.72. The lowest BCUT2D eigenvalue weighted by Crippen LogP contribution is -2.39. The van der Waals surface area contributed by atoms with Crippen LogP contribution in [0.1, 0.15) is 75.8 Å². The van der Waals surface area contributed by atoms with Crippen molar-refractivity contribution < 1.29 is 4.79 Å². The van der Waals surface area contributed by atoms with E-state index in [4.69, 9.17) is 15.0 Å². The molecule has 0 radical (unpaired) electrons. The highest BCUT2D eigenvalue weighted by atomic mass is 79.9. The fourth-order valence-corrected chi connectivity index (χ4v) is 6.68. The van der Waals surface area contributed by atoms with Crippen LogP contribution in [0.25, 0.3) is 22.6 Å². The Kier molecular flexibility index (Phi) is 6.38. The molecule has 198 valence electrons. The first-order chi connectivity index (χ1) is 18.1. The Balaban J connectivity index is 1.17. The van der Waals surface area contributed by atoms with Crippen molar-refractivity contribution in [3.05, 3.63) is 51.0 Å². The van der Waals surface area contributed by atoms with Crippen LogP contribution in [0.4, 0.5) is 0 Å². The zero-order chi connectivity index (χ0) is 26.7. The van der Waals surface area contributed by atoms with Gasteiger partial charge in [-0.3, -0.25) is 4.79 Å². The van der Waals surface area contributed by atoms with Gasteiger partial charge in [-0.25, -0.2) is 24.9 Å². The third-order valence-electron chi connectivity index (χ3n) is 7.76. The van der Waals surface area contributed by atoms with Crippen LogP contribution in [0.3, 0.4) is 0 Å². The molecule has 1 saturated heterocycles. The fraction of sp³-hybridized carbons (Fsp3) is 0.500. The number of carbonyl (C=O) groups excluding carboxylic acids is 1. The molecule has 8 nitrogen and oxygen atoms in total. The summed E-state index contributed by atoms with van der Waals surface area (Å²) in [7, 11) is 0. The molecule has 4 aromatic rings. The molecule has 2 aliphatic rings. The van der Waals surface area contributed by atoms with Crippen LogP contribution in [0, 0.1) is 0 Å². The van der Waals surface area contributed by atoms with Gasteiger partial charge in [-0.2, -0.15) is 0 Å². The Morgan fingerprint density at radius 1 is 1.16 bits per heavy atom. The monoisotopic (exact) mass is 593 g/mol. The lowest BCUT2D eigenvalue weighted by Gasteiger charge is -2.31. The number of thiazole rings is 1. The molecule has 5 heterocycles. The zero-order valence-electron chi connectivity index (χ0n) is 22.2. The molecule has 1 saturated carbocycles. The summed E-state index contributed by atoms with van der Waals surface area (Å²) in [5.74, 6) is 1.37. The Bertz CT molecular complexity index is 1490. The fourth-order valence-electron chi connectivity index (χ4n) is 4.92. The minimum Gasteiger partial charge on any atom is -0.341 e. The highest BCUT2D eigenvalue weighted by molar-refractivity contribution is 9.11. The van der Waals surface area contributed by atoms with E-state index in [9.17, 15) is 4.79 Å². The quantitative estimate of drug-likeness (QED) is 0.288. The van der Waals surface area contributed by atoms with Gasteiger partial charge in [0, 0.05) is 36.0 Å². The molecule has 0 bridgehead atoms. The third-order valence-corrected chi connectivity index (χ3v) is 9.62. The van der Waals surface area contributed by atoms with Gasteiger partial charge >= 0.3 is 0 Å². The third kappa shape index (κ3) is 4.88. The summed E-state index contributed by atoms with van der Waals surface area (Å²) >= 11 is 5.48. The highest BCUT2D eigenvalue weighted by Gasteiger charge is 2.43. The molecule has 6 rings (SSSR count). The number of piperidine rings is 1. The van der Waals surface area contributed by atoms with Gasteiger partial charge in [0.2, 0.25) is 5.91 Å².